The highest BCUT2D eigenvalue weighted by Crippen LogP contribution is 2.30. The number of hydrogen-bond donors (Lipinski definition) is 2. The standard InChI is InChI=1S/C31H26ClF4NO2/c32-26-15-7-21(8-16-26)2-1-20-3-9-24(10-4-20)30(39)37-28(29(38)23-11-17-27(33)18-12-23)19-22-5-13-25(14-6-22)31(34,35)36/h3-18,28-29,38H,1-2,19H2,(H,37,39). The van der Waals surface area contributed by atoms with Crippen molar-refractivity contribution in [1.82, 2.24) is 5.32 Å². The van der Waals surface area contributed by atoms with Gasteiger partial charge in [0.25, 0.3) is 5.91 Å². The molecule has 4 aromatic rings. The molecule has 0 bridgehead atoms. The van der Waals surface area contributed by atoms with Crippen LogP contribution in [0.3, 0.4) is 0 Å². The number of aryl methyl sites for hydroxylation is 2. The maximum Gasteiger partial charge on any atom is 0.416 e. The predicted molar refractivity (Wildman–Crippen MR) is 143 cm³/mol. The third-order valence-corrected chi connectivity index (χ3v) is 6.73. The molecule has 0 aliphatic carbocycles. The molecule has 3 nitrogen and oxygen atoms in total. The molecule has 8 heteroatoms. The molecular formula is C31H26ClF4NO2. The topological polar surface area (TPSA) is 49.3 Å². The number of aliphatic hydroxyl groups is 1. The van der Waals surface area contributed by atoms with Gasteiger partial charge in [0.15, 0.2) is 0 Å². The van der Waals surface area contributed by atoms with Gasteiger partial charge in [-0.05, 0) is 90.0 Å². The van der Waals surface area contributed by atoms with Gasteiger partial charge in [0, 0.05) is 10.6 Å². The summed E-state index contributed by atoms with van der Waals surface area (Å²) < 4.78 is 52.3. The molecule has 4 rings (SSSR count). The molecule has 0 aromatic heterocycles. The maximum absolute atomic E-state index is 13.4. The van der Waals surface area contributed by atoms with Gasteiger partial charge in [0.2, 0.25) is 0 Å². The summed E-state index contributed by atoms with van der Waals surface area (Å²) in [6, 6.07) is 23.5. The Kier molecular flexibility index (Phi) is 9.04. The fourth-order valence-electron chi connectivity index (χ4n) is 4.23. The number of aliphatic hydroxyl groups excluding tert-OH is 1. The first-order chi connectivity index (χ1) is 18.6. The average Bonchev–Trinajstić information content (AvgIpc) is 2.92. The number of nitrogens with one attached hydrogen (secondary N) is 1. The summed E-state index contributed by atoms with van der Waals surface area (Å²) in [5.41, 5.74) is 2.62. The van der Waals surface area contributed by atoms with Gasteiger partial charge in [0.05, 0.1) is 17.7 Å². The molecule has 0 heterocycles. The van der Waals surface area contributed by atoms with E-state index in [-0.39, 0.29) is 6.42 Å². The van der Waals surface area contributed by atoms with Crippen LogP contribution < -0.4 is 5.32 Å². The molecule has 0 fully saturated rings. The Morgan fingerprint density at radius 2 is 1.28 bits per heavy atom. The quantitative estimate of drug-likeness (QED) is 0.212. The van der Waals surface area contributed by atoms with Crippen molar-refractivity contribution in [2.75, 3.05) is 0 Å². The number of amides is 1. The largest absolute Gasteiger partial charge is 0.416 e. The van der Waals surface area contributed by atoms with Crippen molar-refractivity contribution in [2.45, 2.75) is 37.6 Å². The molecule has 1 amide bonds. The first-order valence-electron chi connectivity index (χ1n) is 12.3. The summed E-state index contributed by atoms with van der Waals surface area (Å²) in [4.78, 5) is 13.1. The lowest BCUT2D eigenvalue weighted by Crippen LogP contribution is -2.41. The monoisotopic (exact) mass is 555 g/mol. The highest BCUT2D eigenvalue weighted by Gasteiger charge is 2.30. The second-order valence-corrected chi connectivity index (χ2v) is 9.73. The fraction of sp³-hybridized carbons (Fsp3) is 0.194. The number of rotatable bonds is 9. The highest BCUT2D eigenvalue weighted by molar-refractivity contribution is 6.30. The van der Waals surface area contributed by atoms with Crippen molar-refractivity contribution in [3.05, 3.63) is 141 Å². The van der Waals surface area contributed by atoms with Crippen LogP contribution in [-0.2, 0) is 25.4 Å². The summed E-state index contributed by atoms with van der Waals surface area (Å²) in [7, 11) is 0. The number of carbonyl (C=O) groups excluding carboxylic acids is 1. The van der Waals surface area contributed by atoms with Gasteiger partial charge in [-0.3, -0.25) is 4.79 Å². The maximum atomic E-state index is 13.4. The molecule has 2 N–H and O–H groups in total. The molecule has 0 spiro atoms. The minimum Gasteiger partial charge on any atom is -0.386 e. The molecule has 39 heavy (non-hydrogen) atoms. The van der Waals surface area contributed by atoms with E-state index in [1.54, 1.807) is 12.1 Å². The minimum atomic E-state index is -4.47. The van der Waals surface area contributed by atoms with E-state index >= 15 is 0 Å². The van der Waals surface area contributed by atoms with Crippen LogP contribution in [0.15, 0.2) is 97.1 Å². The van der Waals surface area contributed by atoms with Crippen LogP contribution in [0.4, 0.5) is 17.6 Å². The SMILES string of the molecule is O=C(NC(Cc1ccc(C(F)(F)F)cc1)C(O)c1ccc(F)cc1)c1ccc(CCc2ccc(Cl)cc2)cc1. The van der Waals surface area contributed by atoms with Crippen LogP contribution in [0.25, 0.3) is 0 Å². The molecular weight excluding hydrogens is 530 g/mol. The van der Waals surface area contributed by atoms with E-state index in [4.69, 9.17) is 11.6 Å². The number of hydrogen-bond acceptors (Lipinski definition) is 2. The van der Waals surface area contributed by atoms with Crippen LogP contribution in [-0.4, -0.2) is 17.1 Å². The van der Waals surface area contributed by atoms with Crippen molar-refractivity contribution in [2.24, 2.45) is 0 Å². The van der Waals surface area contributed by atoms with E-state index in [0.717, 1.165) is 36.1 Å². The van der Waals surface area contributed by atoms with E-state index in [9.17, 15) is 27.5 Å². The molecule has 2 atom stereocenters. The van der Waals surface area contributed by atoms with Gasteiger partial charge in [0.1, 0.15) is 5.82 Å². The zero-order valence-electron chi connectivity index (χ0n) is 20.8. The molecule has 0 aliphatic heterocycles. The number of carbonyl (C=O) groups is 1. The third kappa shape index (κ3) is 7.91. The van der Waals surface area contributed by atoms with Gasteiger partial charge in [-0.15, -0.1) is 0 Å². The highest BCUT2D eigenvalue weighted by atomic mass is 35.5. The van der Waals surface area contributed by atoms with Crippen LogP contribution in [0.1, 0.15) is 44.3 Å². The van der Waals surface area contributed by atoms with E-state index < -0.39 is 35.6 Å². The lowest BCUT2D eigenvalue weighted by molar-refractivity contribution is -0.137. The van der Waals surface area contributed by atoms with Crippen LogP contribution in [0.2, 0.25) is 5.02 Å². The number of benzene rings is 4. The number of halogens is 5. The van der Waals surface area contributed by atoms with Gasteiger partial charge < -0.3 is 10.4 Å². The Morgan fingerprint density at radius 3 is 1.82 bits per heavy atom. The smallest absolute Gasteiger partial charge is 0.386 e. The van der Waals surface area contributed by atoms with Crippen molar-refractivity contribution in [1.29, 1.82) is 0 Å². The summed E-state index contributed by atoms with van der Waals surface area (Å²) in [5, 5.41) is 14.5. The molecule has 2 unspecified atom stereocenters. The Labute approximate surface area is 229 Å². The van der Waals surface area contributed by atoms with Crippen molar-refractivity contribution < 1.29 is 27.5 Å². The van der Waals surface area contributed by atoms with Gasteiger partial charge >= 0.3 is 6.18 Å². The molecule has 0 saturated carbocycles. The van der Waals surface area contributed by atoms with Gasteiger partial charge in [-0.1, -0.05) is 60.1 Å². The molecule has 4 aromatic carbocycles. The average molecular weight is 556 g/mol. The first kappa shape index (κ1) is 28.3. The molecule has 0 radical (unpaired) electrons. The normalized spacial score (nSPS) is 13.1. The Morgan fingerprint density at radius 1 is 0.769 bits per heavy atom. The molecule has 0 aliphatic rings. The van der Waals surface area contributed by atoms with Crippen molar-refractivity contribution in [3.63, 3.8) is 0 Å². The Balaban J connectivity index is 1.47. The fourth-order valence-corrected chi connectivity index (χ4v) is 4.36. The summed E-state index contributed by atoms with van der Waals surface area (Å²) in [6.07, 6.45) is -4.07. The number of alkyl halides is 3. The van der Waals surface area contributed by atoms with Gasteiger partial charge in [-0.25, -0.2) is 4.39 Å². The van der Waals surface area contributed by atoms with E-state index in [1.807, 2.05) is 36.4 Å². The van der Waals surface area contributed by atoms with Crippen LogP contribution in [0.5, 0.6) is 0 Å². The van der Waals surface area contributed by atoms with Crippen LogP contribution in [0, 0.1) is 5.82 Å². The van der Waals surface area contributed by atoms with Crippen LogP contribution >= 0.6 is 11.6 Å². The van der Waals surface area contributed by atoms with Crippen molar-refractivity contribution in [3.8, 4) is 0 Å². The third-order valence-electron chi connectivity index (χ3n) is 6.48. The summed E-state index contributed by atoms with van der Waals surface area (Å²) in [5.74, 6) is -0.928. The second-order valence-electron chi connectivity index (χ2n) is 9.30. The van der Waals surface area contributed by atoms with E-state index in [1.165, 1.54) is 36.4 Å². The second kappa shape index (κ2) is 12.5. The lowest BCUT2D eigenvalue weighted by atomic mass is 9.95. The molecule has 202 valence electrons. The zero-order valence-corrected chi connectivity index (χ0v) is 21.5. The van der Waals surface area contributed by atoms with E-state index in [0.29, 0.717) is 21.7 Å². The lowest BCUT2D eigenvalue weighted by Gasteiger charge is -2.25. The summed E-state index contributed by atoms with van der Waals surface area (Å²) >= 11 is 5.93. The zero-order chi connectivity index (χ0) is 28.0. The first-order valence-corrected chi connectivity index (χ1v) is 12.7. The Hall–Kier alpha value is -3.68. The van der Waals surface area contributed by atoms with Crippen molar-refractivity contribution >= 4 is 17.5 Å². The van der Waals surface area contributed by atoms with Gasteiger partial charge in [-0.2, -0.15) is 13.2 Å². The summed E-state index contributed by atoms with van der Waals surface area (Å²) in [6.45, 7) is 0. The predicted octanol–water partition coefficient (Wildman–Crippen LogP) is 7.36. The minimum absolute atomic E-state index is 0.0571. The van der Waals surface area contributed by atoms with E-state index in [2.05, 4.69) is 5.32 Å². The Bertz CT molecular complexity index is 1370. The molecule has 0 saturated heterocycles.